The number of benzene rings is 2. The highest BCUT2D eigenvalue weighted by atomic mass is 32.2. The lowest BCUT2D eigenvalue weighted by Gasteiger charge is -2.35. The fourth-order valence-electron chi connectivity index (χ4n) is 3.19. The minimum Gasteiger partial charge on any atom is -0.497 e. The van der Waals surface area contributed by atoms with Crippen molar-refractivity contribution in [3.8, 4) is 5.75 Å². The Balaban J connectivity index is 1.53. The zero-order chi connectivity index (χ0) is 21.8. The Morgan fingerprint density at radius 2 is 1.60 bits per heavy atom. The van der Waals surface area contributed by atoms with Crippen molar-refractivity contribution in [2.75, 3.05) is 50.5 Å². The summed E-state index contributed by atoms with van der Waals surface area (Å²) in [5, 5.41) is 0. The molecule has 1 heterocycles. The molecule has 0 saturated carbocycles. The largest absolute Gasteiger partial charge is 0.497 e. The zero-order valence-electron chi connectivity index (χ0n) is 16.5. The number of hydrogen-bond donors (Lipinski definition) is 1. The van der Waals surface area contributed by atoms with Gasteiger partial charge in [-0.2, -0.15) is 4.31 Å². The summed E-state index contributed by atoms with van der Waals surface area (Å²) in [7, 11) is -6.18. The average Bonchev–Trinajstić information content (AvgIpc) is 2.74. The number of ether oxygens (including phenoxy) is 1. The van der Waals surface area contributed by atoms with Crippen molar-refractivity contribution in [3.63, 3.8) is 0 Å². The number of sulfonamides is 2. The van der Waals surface area contributed by atoms with Crippen LogP contribution in [0.3, 0.4) is 0 Å². The summed E-state index contributed by atoms with van der Waals surface area (Å²) >= 11 is 0. The molecular formula is C19H24FN3O5S2. The van der Waals surface area contributed by atoms with Crippen molar-refractivity contribution in [2.45, 2.75) is 4.90 Å². The van der Waals surface area contributed by atoms with E-state index in [1.165, 1.54) is 16.4 Å². The van der Waals surface area contributed by atoms with Gasteiger partial charge >= 0.3 is 0 Å². The molecule has 1 fully saturated rings. The van der Waals surface area contributed by atoms with Gasteiger partial charge in [-0.1, -0.05) is 12.1 Å². The molecule has 0 radical (unpaired) electrons. The Kier molecular flexibility index (Phi) is 6.96. The lowest BCUT2D eigenvalue weighted by molar-refractivity contribution is 0.384. The van der Waals surface area contributed by atoms with Crippen LogP contribution in [0.5, 0.6) is 5.75 Å². The van der Waals surface area contributed by atoms with Crippen molar-refractivity contribution in [2.24, 2.45) is 0 Å². The summed E-state index contributed by atoms with van der Waals surface area (Å²) < 4.78 is 71.9. The first kappa shape index (κ1) is 22.5. The van der Waals surface area contributed by atoms with Crippen molar-refractivity contribution in [3.05, 3.63) is 54.3 Å². The van der Waals surface area contributed by atoms with Gasteiger partial charge in [-0.3, -0.25) is 0 Å². The van der Waals surface area contributed by atoms with E-state index in [1.807, 2.05) is 24.3 Å². The maximum absolute atomic E-state index is 13.7. The normalized spacial score (nSPS) is 15.9. The SMILES string of the molecule is COc1ccc(N2CCN(S(=O)(=O)CCNS(=O)(=O)c3ccccc3F)CC2)cc1. The molecule has 0 atom stereocenters. The minimum absolute atomic E-state index is 0.300. The molecule has 1 aliphatic rings. The molecule has 2 aromatic carbocycles. The Bertz CT molecular complexity index is 1070. The second-order valence-electron chi connectivity index (χ2n) is 6.73. The summed E-state index contributed by atoms with van der Waals surface area (Å²) in [4.78, 5) is 1.57. The Morgan fingerprint density at radius 3 is 2.20 bits per heavy atom. The molecule has 0 amide bonds. The first-order valence-electron chi connectivity index (χ1n) is 9.34. The Morgan fingerprint density at radius 1 is 0.967 bits per heavy atom. The molecule has 8 nitrogen and oxygen atoms in total. The van der Waals surface area contributed by atoms with Crippen LogP contribution in [0.4, 0.5) is 10.1 Å². The Hall–Kier alpha value is -2.21. The second-order valence-corrected chi connectivity index (χ2v) is 10.6. The van der Waals surface area contributed by atoms with Crippen molar-refractivity contribution in [1.29, 1.82) is 0 Å². The summed E-state index contributed by atoms with van der Waals surface area (Å²) in [5.41, 5.74) is 0.977. The van der Waals surface area contributed by atoms with Crippen LogP contribution in [0.25, 0.3) is 0 Å². The number of nitrogens with zero attached hydrogens (tertiary/aromatic N) is 2. The third kappa shape index (κ3) is 5.28. The molecule has 30 heavy (non-hydrogen) atoms. The third-order valence-electron chi connectivity index (χ3n) is 4.85. The number of anilines is 1. The van der Waals surface area contributed by atoms with Gasteiger partial charge < -0.3 is 9.64 Å². The van der Waals surface area contributed by atoms with Gasteiger partial charge in [0.2, 0.25) is 20.0 Å². The topological polar surface area (TPSA) is 96.0 Å². The fourth-order valence-corrected chi connectivity index (χ4v) is 5.77. The molecule has 3 rings (SSSR count). The lowest BCUT2D eigenvalue weighted by Crippen LogP contribution is -2.50. The molecule has 2 aromatic rings. The van der Waals surface area contributed by atoms with Crippen LogP contribution < -0.4 is 14.4 Å². The van der Waals surface area contributed by atoms with Gasteiger partial charge in [-0.15, -0.1) is 0 Å². The maximum Gasteiger partial charge on any atom is 0.243 e. The highest BCUT2D eigenvalue weighted by molar-refractivity contribution is 7.90. The van der Waals surface area contributed by atoms with Crippen LogP contribution in [-0.2, 0) is 20.0 Å². The third-order valence-corrected chi connectivity index (χ3v) is 8.21. The van der Waals surface area contributed by atoms with Crippen molar-refractivity contribution >= 4 is 25.7 Å². The molecule has 1 aliphatic heterocycles. The van der Waals surface area contributed by atoms with E-state index in [2.05, 4.69) is 9.62 Å². The van der Waals surface area contributed by atoms with E-state index in [1.54, 1.807) is 7.11 Å². The predicted molar refractivity (Wildman–Crippen MR) is 112 cm³/mol. The summed E-state index contributed by atoms with van der Waals surface area (Å²) in [6.45, 7) is 1.31. The monoisotopic (exact) mass is 457 g/mol. The van der Waals surface area contributed by atoms with E-state index < -0.39 is 36.5 Å². The maximum atomic E-state index is 13.7. The highest BCUT2D eigenvalue weighted by Gasteiger charge is 2.27. The smallest absolute Gasteiger partial charge is 0.243 e. The van der Waals surface area contributed by atoms with Gasteiger partial charge in [0, 0.05) is 38.4 Å². The summed E-state index contributed by atoms with van der Waals surface area (Å²) in [6, 6.07) is 12.5. The van der Waals surface area contributed by atoms with E-state index in [4.69, 9.17) is 4.74 Å². The van der Waals surface area contributed by atoms with Gasteiger partial charge in [0.05, 0.1) is 12.9 Å². The van der Waals surface area contributed by atoms with E-state index >= 15 is 0 Å². The van der Waals surface area contributed by atoms with Crippen LogP contribution in [0.15, 0.2) is 53.4 Å². The predicted octanol–water partition coefficient (Wildman–Crippen LogP) is 1.26. The quantitative estimate of drug-likeness (QED) is 0.641. The molecule has 0 spiro atoms. The van der Waals surface area contributed by atoms with Gasteiger partial charge in [-0.25, -0.2) is 25.9 Å². The van der Waals surface area contributed by atoms with Crippen LogP contribution in [0, 0.1) is 5.82 Å². The fraction of sp³-hybridized carbons (Fsp3) is 0.368. The summed E-state index contributed by atoms with van der Waals surface area (Å²) in [5.74, 6) is -0.538. The summed E-state index contributed by atoms with van der Waals surface area (Å²) in [6.07, 6.45) is 0. The standard InChI is InChI=1S/C19H24FN3O5S2/c1-28-17-8-6-16(7-9-17)22-11-13-23(14-12-22)29(24,25)15-10-21-30(26,27)19-5-3-2-4-18(19)20/h2-9,21H,10-15H2,1H3. The number of methoxy groups -OCH3 is 1. The van der Waals surface area contributed by atoms with Gasteiger partial charge in [0.15, 0.2) is 0 Å². The molecule has 11 heteroatoms. The van der Waals surface area contributed by atoms with Crippen LogP contribution in [0.2, 0.25) is 0 Å². The molecule has 0 bridgehead atoms. The van der Waals surface area contributed by atoms with E-state index in [9.17, 15) is 21.2 Å². The van der Waals surface area contributed by atoms with E-state index in [0.29, 0.717) is 26.2 Å². The second kappa shape index (κ2) is 9.29. The van der Waals surface area contributed by atoms with Gasteiger partial charge in [-0.05, 0) is 36.4 Å². The van der Waals surface area contributed by atoms with Gasteiger partial charge in [0.25, 0.3) is 0 Å². The number of rotatable bonds is 8. The first-order valence-corrected chi connectivity index (χ1v) is 12.4. The van der Waals surface area contributed by atoms with Crippen LogP contribution in [-0.4, -0.2) is 66.7 Å². The van der Waals surface area contributed by atoms with Crippen molar-refractivity contribution < 1.29 is 26.0 Å². The van der Waals surface area contributed by atoms with Crippen molar-refractivity contribution in [1.82, 2.24) is 9.03 Å². The molecule has 164 valence electrons. The van der Waals surface area contributed by atoms with Crippen LogP contribution >= 0.6 is 0 Å². The molecule has 0 aliphatic carbocycles. The Labute approximate surface area is 176 Å². The highest BCUT2D eigenvalue weighted by Crippen LogP contribution is 2.21. The van der Waals surface area contributed by atoms with E-state index in [-0.39, 0.29) is 6.54 Å². The number of hydrogen-bond acceptors (Lipinski definition) is 6. The zero-order valence-corrected chi connectivity index (χ0v) is 18.1. The molecular weight excluding hydrogens is 433 g/mol. The molecule has 1 saturated heterocycles. The van der Waals surface area contributed by atoms with E-state index in [0.717, 1.165) is 23.6 Å². The molecule has 1 N–H and O–H groups in total. The van der Waals surface area contributed by atoms with Gasteiger partial charge in [0.1, 0.15) is 16.5 Å². The number of nitrogens with one attached hydrogen (secondary N) is 1. The first-order chi connectivity index (χ1) is 14.2. The molecule has 0 aromatic heterocycles. The lowest BCUT2D eigenvalue weighted by atomic mass is 10.2. The number of halogens is 1. The average molecular weight is 458 g/mol. The van der Waals surface area contributed by atoms with Crippen LogP contribution in [0.1, 0.15) is 0 Å². The minimum atomic E-state index is -4.12. The molecule has 0 unspecified atom stereocenters. The number of piperazine rings is 1.